The molecule has 1 fully saturated rings. The van der Waals surface area contributed by atoms with Crippen LogP contribution in [0.4, 0.5) is 0 Å². The number of ether oxygens (including phenoxy) is 4. The van der Waals surface area contributed by atoms with Crippen LogP contribution in [0.1, 0.15) is 79.0 Å². The van der Waals surface area contributed by atoms with Gasteiger partial charge in [-0.25, -0.2) is 0 Å². The highest BCUT2D eigenvalue weighted by atomic mass is 16.5. The Labute approximate surface area is 244 Å². The van der Waals surface area contributed by atoms with Gasteiger partial charge in [-0.2, -0.15) is 0 Å². The Morgan fingerprint density at radius 1 is 1.00 bits per heavy atom. The number of fused-ring (bicyclic) bond motifs is 1. The standard InChI is InChI=1S/C36H42O5/c1-8-9-25-12-15-28(33-22(2)18-27(19-23(33)3)40-21-36(4,5)39-7)29-16-17-32(34(25)29)41-26-13-10-24(11-14-26)30-20-31(30)35(37)38-6/h8-15,18-19,30-32H,16-17,20-21H2,1-7H3. The first-order valence-corrected chi connectivity index (χ1v) is 14.6. The van der Waals surface area contributed by atoms with Crippen LogP contribution in [0, 0.1) is 19.8 Å². The highest BCUT2D eigenvalue weighted by molar-refractivity contribution is 5.79. The maximum absolute atomic E-state index is 11.9. The van der Waals surface area contributed by atoms with Crippen molar-refractivity contribution in [1.82, 2.24) is 0 Å². The van der Waals surface area contributed by atoms with Gasteiger partial charge in [0.15, 0.2) is 0 Å². The van der Waals surface area contributed by atoms with Gasteiger partial charge >= 0.3 is 5.97 Å². The number of esters is 1. The number of methoxy groups -OCH3 is 2. The quantitative estimate of drug-likeness (QED) is 0.237. The molecule has 0 saturated heterocycles. The highest BCUT2D eigenvalue weighted by Gasteiger charge is 2.44. The van der Waals surface area contributed by atoms with E-state index < -0.39 is 0 Å². The van der Waals surface area contributed by atoms with E-state index in [0.717, 1.165) is 30.8 Å². The average molecular weight is 555 g/mol. The number of aryl methyl sites for hydroxylation is 2. The zero-order valence-electron chi connectivity index (χ0n) is 25.4. The molecule has 3 aromatic carbocycles. The van der Waals surface area contributed by atoms with Gasteiger partial charge in [-0.3, -0.25) is 4.79 Å². The third-order valence-electron chi connectivity index (χ3n) is 8.51. The summed E-state index contributed by atoms with van der Waals surface area (Å²) < 4.78 is 23.2. The van der Waals surface area contributed by atoms with Gasteiger partial charge in [0, 0.05) is 12.7 Å². The summed E-state index contributed by atoms with van der Waals surface area (Å²) in [5.74, 6) is 1.84. The molecule has 216 valence electrons. The lowest BCUT2D eigenvalue weighted by Crippen LogP contribution is -2.30. The molecule has 5 nitrogen and oxygen atoms in total. The Bertz CT molecular complexity index is 1430. The highest BCUT2D eigenvalue weighted by Crippen LogP contribution is 2.49. The van der Waals surface area contributed by atoms with Gasteiger partial charge in [0.1, 0.15) is 24.2 Å². The van der Waals surface area contributed by atoms with Crippen molar-refractivity contribution in [3.05, 3.63) is 88.0 Å². The van der Waals surface area contributed by atoms with Gasteiger partial charge in [-0.1, -0.05) is 36.4 Å². The summed E-state index contributed by atoms with van der Waals surface area (Å²) in [6, 6.07) is 17.0. The molecule has 3 unspecified atom stereocenters. The van der Waals surface area contributed by atoms with Crippen molar-refractivity contribution in [3.8, 4) is 22.6 Å². The molecule has 0 bridgehead atoms. The molecule has 3 atom stereocenters. The third kappa shape index (κ3) is 6.06. The summed E-state index contributed by atoms with van der Waals surface area (Å²) in [5, 5.41) is 0. The number of rotatable bonds is 10. The van der Waals surface area contributed by atoms with Crippen LogP contribution in [0.2, 0.25) is 0 Å². The zero-order valence-corrected chi connectivity index (χ0v) is 25.4. The van der Waals surface area contributed by atoms with Crippen molar-refractivity contribution in [1.29, 1.82) is 0 Å². The van der Waals surface area contributed by atoms with E-state index in [4.69, 9.17) is 18.9 Å². The molecule has 5 rings (SSSR count). The van der Waals surface area contributed by atoms with Crippen molar-refractivity contribution in [2.24, 2.45) is 5.92 Å². The van der Waals surface area contributed by atoms with Crippen LogP contribution >= 0.6 is 0 Å². The first-order chi connectivity index (χ1) is 19.7. The smallest absolute Gasteiger partial charge is 0.309 e. The van der Waals surface area contributed by atoms with Crippen LogP contribution in [-0.4, -0.2) is 32.4 Å². The van der Waals surface area contributed by atoms with E-state index in [-0.39, 0.29) is 29.5 Å². The summed E-state index contributed by atoms with van der Waals surface area (Å²) in [6.45, 7) is 10.9. The van der Waals surface area contributed by atoms with Gasteiger partial charge in [0.05, 0.1) is 18.6 Å². The summed E-state index contributed by atoms with van der Waals surface area (Å²) in [6.07, 6.45) is 7.00. The fourth-order valence-electron chi connectivity index (χ4n) is 6.11. The van der Waals surface area contributed by atoms with E-state index in [0.29, 0.717) is 6.61 Å². The molecule has 0 spiro atoms. The largest absolute Gasteiger partial charge is 0.491 e. The maximum Gasteiger partial charge on any atom is 0.309 e. The number of carbonyl (C=O) groups excluding carboxylic acids is 1. The minimum Gasteiger partial charge on any atom is -0.491 e. The van der Waals surface area contributed by atoms with E-state index in [2.05, 4.69) is 69.3 Å². The van der Waals surface area contributed by atoms with E-state index >= 15 is 0 Å². The average Bonchev–Trinajstić information content (AvgIpc) is 3.65. The topological polar surface area (TPSA) is 54.0 Å². The van der Waals surface area contributed by atoms with Crippen LogP contribution in [0.25, 0.3) is 17.2 Å². The van der Waals surface area contributed by atoms with Crippen molar-refractivity contribution in [2.45, 2.75) is 71.5 Å². The summed E-state index contributed by atoms with van der Waals surface area (Å²) in [7, 11) is 3.17. The number of hydrogen-bond acceptors (Lipinski definition) is 5. The number of carbonyl (C=O) groups is 1. The fraction of sp³-hybridized carbons (Fsp3) is 0.417. The van der Waals surface area contributed by atoms with Crippen LogP contribution in [0.3, 0.4) is 0 Å². The van der Waals surface area contributed by atoms with E-state index in [1.54, 1.807) is 7.11 Å². The third-order valence-corrected chi connectivity index (χ3v) is 8.51. The first-order valence-electron chi connectivity index (χ1n) is 14.6. The van der Waals surface area contributed by atoms with Crippen molar-refractivity contribution >= 4 is 12.0 Å². The predicted molar refractivity (Wildman–Crippen MR) is 164 cm³/mol. The second-order valence-electron chi connectivity index (χ2n) is 12.0. The van der Waals surface area contributed by atoms with Crippen molar-refractivity contribution in [3.63, 3.8) is 0 Å². The van der Waals surface area contributed by atoms with Gasteiger partial charge in [-0.15, -0.1) is 0 Å². The molecule has 1 saturated carbocycles. The Kier molecular flexibility index (Phi) is 8.28. The summed E-state index contributed by atoms with van der Waals surface area (Å²) in [5.41, 5.74) is 9.60. The molecular weight excluding hydrogens is 512 g/mol. The molecule has 0 amide bonds. The molecule has 41 heavy (non-hydrogen) atoms. The number of benzene rings is 3. The molecule has 3 aromatic rings. The molecule has 0 N–H and O–H groups in total. The SMILES string of the molecule is CC=Cc1ccc(-c2c(C)cc(OCC(C)(C)OC)cc2C)c2c1C(Oc1ccc(C3CC3C(=O)OC)cc1)CC2. The molecule has 0 aliphatic heterocycles. The predicted octanol–water partition coefficient (Wildman–Crippen LogP) is 8.15. The van der Waals surface area contributed by atoms with Gasteiger partial charge in [-0.05, 0) is 123 Å². The Balaban J connectivity index is 1.41. The molecule has 0 radical (unpaired) electrons. The molecular formula is C36H42O5. The second-order valence-corrected chi connectivity index (χ2v) is 12.0. The molecule has 2 aliphatic rings. The van der Waals surface area contributed by atoms with Crippen LogP contribution in [-0.2, 0) is 20.7 Å². The lowest BCUT2D eigenvalue weighted by Gasteiger charge is -2.24. The minimum atomic E-state index is -0.345. The van der Waals surface area contributed by atoms with Crippen LogP contribution in [0.5, 0.6) is 11.5 Å². The van der Waals surface area contributed by atoms with Gasteiger partial charge in [0.2, 0.25) is 0 Å². The van der Waals surface area contributed by atoms with Crippen LogP contribution < -0.4 is 9.47 Å². The van der Waals surface area contributed by atoms with Gasteiger partial charge < -0.3 is 18.9 Å². The lowest BCUT2D eigenvalue weighted by atomic mass is 9.88. The van der Waals surface area contributed by atoms with Gasteiger partial charge in [0.25, 0.3) is 0 Å². The number of hydrogen-bond donors (Lipinski definition) is 0. The Morgan fingerprint density at radius 3 is 2.34 bits per heavy atom. The normalized spacial score (nSPS) is 19.7. The van der Waals surface area contributed by atoms with E-state index in [1.165, 1.54) is 51.6 Å². The molecule has 5 heteroatoms. The van der Waals surface area contributed by atoms with Crippen molar-refractivity contribution in [2.75, 3.05) is 20.8 Å². The molecule has 0 heterocycles. The minimum absolute atomic E-state index is 0.0139. The Hall–Kier alpha value is -3.57. The zero-order chi connectivity index (χ0) is 29.3. The Morgan fingerprint density at radius 2 is 1.71 bits per heavy atom. The second kappa shape index (κ2) is 11.7. The maximum atomic E-state index is 11.9. The van der Waals surface area contributed by atoms with Crippen LogP contribution in [0.15, 0.2) is 54.6 Å². The number of allylic oxidation sites excluding steroid dienone is 1. The lowest BCUT2D eigenvalue weighted by molar-refractivity contribution is -0.142. The van der Waals surface area contributed by atoms with Crippen molar-refractivity contribution < 1.29 is 23.7 Å². The molecule has 2 aliphatic carbocycles. The fourth-order valence-corrected chi connectivity index (χ4v) is 6.11. The first kappa shape index (κ1) is 28.9. The monoisotopic (exact) mass is 554 g/mol. The summed E-state index contributed by atoms with van der Waals surface area (Å²) in [4.78, 5) is 11.9. The summed E-state index contributed by atoms with van der Waals surface area (Å²) >= 11 is 0. The van der Waals surface area contributed by atoms with E-state index in [1.807, 2.05) is 26.0 Å². The van der Waals surface area contributed by atoms with E-state index in [9.17, 15) is 4.79 Å². The molecule has 0 aromatic heterocycles.